The largest absolute Gasteiger partial charge is 0.487 e. The van der Waals surface area contributed by atoms with Gasteiger partial charge in [-0.15, -0.1) is 0 Å². The molecule has 2 heterocycles. The molecule has 0 radical (unpaired) electrons. The van der Waals surface area contributed by atoms with Crippen molar-refractivity contribution in [3.05, 3.63) is 58.8 Å². The van der Waals surface area contributed by atoms with Crippen LogP contribution in [0.4, 0.5) is 0 Å². The van der Waals surface area contributed by atoms with Gasteiger partial charge in [-0.05, 0) is 51.2 Å². The number of rotatable bonds is 2. The highest BCUT2D eigenvalue weighted by molar-refractivity contribution is 5.88. The van der Waals surface area contributed by atoms with Crippen LogP contribution in [0.2, 0.25) is 0 Å². The highest BCUT2D eigenvalue weighted by atomic mass is 16.5. The van der Waals surface area contributed by atoms with E-state index in [-0.39, 0.29) is 0 Å². The molecule has 114 valence electrons. The summed E-state index contributed by atoms with van der Waals surface area (Å²) in [7, 11) is 0. The molecule has 0 amide bonds. The lowest BCUT2D eigenvalue weighted by Gasteiger charge is -2.21. The van der Waals surface area contributed by atoms with Gasteiger partial charge >= 0.3 is 0 Å². The summed E-state index contributed by atoms with van der Waals surface area (Å²) >= 11 is 0. The van der Waals surface area contributed by atoms with Crippen molar-refractivity contribution in [3.8, 4) is 5.75 Å². The Bertz CT molecular complexity index is 660. The third-order valence-corrected chi connectivity index (χ3v) is 4.19. The van der Waals surface area contributed by atoms with E-state index in [0.717, 1.165) is 43.0 Å². The van der Waals surface area contributed by atoms with Gasteiger partial charge in [0.25, 0.3) is 0 Å². The van der Waals surface area contributed by atoms with Crippen LogP contribution in [-0.2, 0) is 0 Å². The number of nitrogens with one attached hydrogen (secondary N) is 1. The van der Waals surface area contributed by atoms with Crippen molar-refractivity contribution in [2.24, 2.45) is 4.99 Å². The standard InChI is InChI=1S/C19H22N2O/c1-3-6-15-17(20-2)13-22-18-8-5-4-7-16(18)19(15)14-9-11-21-12-10-14/h3-8,21H,2,9-13H2,1H3. The molecule has 3 rings (SSSR count). The van der Waals surface area contributed by atoms with Crippen LogP contribution < -0.4 is 10.1 Å². The van der Waals surface area contributed by atoms with Crippen LogP contribution >= 0.6 is 0 Å². The van der Waals surface area contributed by atoms with E-state index in [1.54, 1.807) is 0 Å². The number of piperidine rings is 1. The Morgan fingerprint density at radius 2 is 2.00 bits per heavy atom. The van der Waals surface area contributed by atoms with Gasteiger partial charge in [-0.2, -0.15) is 0 Å². The van der Waals surface area contributed by atoms with Gasteiger partial charge in [0.05, 0.1) is 5.70 Å². The third-order valence-electron chi connectivity index (χ3n) is 4.19. The first kappa shape index (κ1) is 14.8. The molecule has 1 fully saturated rings. The number of aliphatic imine (C=N–C) groups is 1. The molecule has 0 bridgehead atoms. The molecule has 1 aromatic rings. The molecule has 0 unspecified atom stereocenters. The fourth-order valence-corrected chi connectivity index (χ4v) is 3.15. The first-order valence-electron chi connectivity index (χ1n) is 7.83. The lowest BCUT2D eigenvalue weighted by molar-refractivity contribution is 0.351. The number of fused-ring (bicyclic) bond motifs is 1. The number of hydrogen-bond donors (Lipinski definition) is 1. The Morgan fingerprint density at radius 1 is 1.23 bits per heavy atom. The first-order valence-corrected chi connectivity index (χ1v) is 7.83. The molecule has 22 heavy (non-hydrogen) atoms. The molecule has 2 aliphatic rings. The van der Waals surface area contributed by atoms with Crippen LogP contribution in [0.3, 0.4) is 0 Å². The SMILES string of the molecule is C=NC1=C(C=CC)C(=C2CCNCC2)c2ccccc2OC1. The first-order chi connectivity index (χ1) is 10.8. The number of para-hydroxylation sites is 1. The van der Waals surface area contributed by atoms with Crippen LogP contribution in [0.15, 0.2) is 58.3 Å². The average molecular weight is 294 g/mol. The van der Waals surface area contributed by atoms with Crippen LogP contribution in [-0.4, -0.2) is 26.4 Å². The van der Waals surface area contributed by atoms with E-state index in [4.69, 9.17) is 4.74 Å². The van der Waals surface area contributed by atoms with Gasteiger partial charge in [0.15, 0.2) is 0 Å². The summed E-state index contributed by atoms with van der Waals surface area (Å²) < 4.78 is 5.97. The monoisotopic (exact) mass is 294 g/mol. The average Bonchev–Trinajstić information content (AvgIpc) is 2.73. The Labute approximate surface area is 132 Å². The van der Waals surface area contributed by atoms with Crippen molar-refractivity contribution in [1.29, 1.82) is 0 Å². The topological polar surface area (TPSA) is 33.6 Å². The minimum atomic E-state index is 0.467. The van der Waals surface area contributed by atoms with Gasteiger partial charge in [-0.1, -0.05) is 35.9 Å². The molecule has 0 spiro atoms. The van der Waals surface area contributed by atoms with Crippen molar-refractivity contribution in [2.75, 3.05) is 19.7 Å². The molecular weight excluding hydrogens is 272 g/mol. The number of hydrogen-bond acceptors (Lipinski definition) is 3. The van der Waals surface area contributed by atoms with E-state index in [9.17, 15) is 0 Å². The molecule has 1 saturated heterocycles. The highest BCUT2D eigenvalue weighted by Gasteiger charge is 2.23. The predicted octanol–water partition coefficient (Wildman–Crippen LogP) is 3.75. The van der Waals surface area contributed by atoms with Crippen molar-refractivity contribution >= 4 is 12.3 Å². The van der Waals surface area contributed by atoms with Crippen molar-refractivity contribution < 1.29 is 4.74 Å². The summed E-state index contributed by atoms with van der Waals surface area (Å²) in [5.74, 6) is 0.934. The molecule has 0 saturated carbocycles. The van der Waals surface area contributed by atoms with Crippen molar-refractivity contribution in [2.45, 2.75) is 19.8 Å². The Kier molecular flexibility index (Phi) is 4.54. The second-order valence-corrected chi connectivity index (χ2v) is 5.53. The molecule has 3 nitrogen and oxygen atoms in total. The molecule has 1 N–H and O–H groups in total. The second kappa shape index (κ2) is 6.75. The predicted molar refractivity (Wildman–Crippen MR) is 92.3 cm³/mol. The highest BCUT2D eigenvalue weighted by Crippen LogP contribution is 2.40. The van der Waals surface area contributed by atoms with E-state index in [1.165, 1.54) is 16.7 Å². The van der Waals surface area contributed by atoms with Gasteiger partial charge in [0.1, 0.15) is 12.4 Å². The van der Waals surface area contributed by atoms with Gasteiger partial charge in [0, 0.05) is 11.1 Å². The van der Waals surface area contributed by atoms with Crippen LogP contribution in [0.5, 0.6) is 5.75 Å². The summed E-state index contributed by atoms with van der Waals surface area (Å²) in [6.07, 6.45) is 6.33. The zero-order valence-electron chi connectivity index (χ0n) is 13.1. The van der Waals surface area contributed by atoms with Gasteiger partial charge in [0.2, 0.25) is 0 Å². The number of nitrogens with zero attached hydrogens (tertiary/aromatic N) is 1. The second-order valence-electron chi connectivity index (χ2n) is 5.53. The lowest BCUT2D eigenvalue weighted by Crippen LogP contribution is -2.24. The van der Waals surface area contributed by atoms with E-state index >= 15 is 0 Å². The molecular formula is C19H22N2O. The third kappa shape index (κ3) is 2.77. The fourth-order valence-electron chi connectivity index (χ4n) is 3.15. The smallest absolute Gasteiger partial charge is 0.131 e. The van der Waals surface area contributed by atoms with E-state index < -0.39 is 0 Å². The normalized spacial score (nSPS) is 19.0. The van der Waals surface area contributed by atoms with Crippen LogP contribution in [0.1, 0.15) is 25.3 Å². The summed E-state index contributed by atoms with van der Waals surface area (Å²) in [4.78, 5) is 4.24. The number of benzene rings is 1. The molecule has 3 heteroatoms. The summed E-state index contributed by atoms with van der Waals surface area (Å²) in [5.41, 5.74) is 6.00. The zero-order valence-corrected chi connectivity index (χ0v) is 13.1. The van der Waals surface area contributed by atoms with Crippen molar-refractivity contribution in [3.63, 3.8) is 0 Å². The minimum absolute atomic E-state index is 0.467. The Hall–Kier alpha value is -2.13. The summed E-state index contributed by atoms with van der Waals surface area (Å²) in [6, 6.07) is 8.28. The van der Waals surface area contributed by atoms with Gasteiger partial charge in [-0.25, -0.2) is 0 Å². The maximum absolute atomic E-state index is 5.97. The van der Waals surface area contributed by atoms with Crippen molar-refractivity contribution in [1.82, 2.24) is 5.32 Å². The van der Waals surface area contributed by atoms with E-state index in [1.807, 2.05) is 19.1 Å². The number of ether oxygens (including phenoxy) is 1. The van der Waals surface area contributed by atoms with Crippen LogP contribution in [0, 0.1) is 0 Å². The maximum atomic E-state index is 5.97. The fraction of sp³-hybridized carbons (Fsp3) is 0.316. The Morgan fingerprint density at radius 3 is 2.73 bits per heavy atom. The molecule has 2 aliphatic heterocycles. The lowest BCUT2D eigenvalue weighted by atomic mass is 9.87. The van der Waals surface area contributed by atoms with Gasteiger partial charge < -0.3 is 10.1 Å². The maximum Gasteiger partial charge on any atom is 0.131 e. The van der Waals surface area contributed by atoms with Gasteiger partial charge in [-0.3, -0.25) is 4.99 Å². The van der Waals surface area contributed by atoms with E-state index in [2.05, 4.69) is 41.3 Å². The molecule has 0 aliphatic carbocycles. The molecule has 1 aromatic carbocycles. The molecule has 0 atom stereocenters. The van der Waals surface area contributed by atoms with Crippen LogP contribution in [0.25, 0.3) is 5.57 Å². The summed E-state index contributed by atoms with van der Waals surface area (Å²) in [6.45, 7) is 8.31. The quantitative estimate of drug-likeness (QED) is 0.843. The molecule has 0 aromatic heterocycles. The minimum Gasteiger partial charge on any atom is -0.487 e. The van der Waals surface area contributed by atoms with E-state index in [0.29, 0.717) is 6.61 Å². The Balaban J connectivity index is 2.26. The summed E-state index contributed by atoms with van der Waals surface area (Å²) in [5, 5.41) is 3.43. The number of allylic oxidation sites excluding steroid dienone is 4. The zero-order chi connectivity index (χ0) is 15.4.